The summed E-state index contributed by atoms with van der Waals surface area (Å²) in [5.41, 5.74) is 1.25. The van der Waals surface area contributed by atoms with Gasteiger partial charge in [-0.3, -0.25) is 0 Å². The van der Waals surface area contributed by atoms with Crippen LogP contribution in [0.3, 0.4) is 0 Å². The van der Waals surface area contributed by atoms with Crippen LogP contribution in [0.1, 0.15) is 18.1 Å². The molecule has 0 bridgehead atoms. The third-order valence-electron chi connectivity index (χ3n) is 2.79. The van der Waals surface area contributed by atoms with E-state index in [4.69, 9.17) is 10.00 Å². The molecule has 3 heteroatoms. The molecular weight excluding hydrogens is 253 g/mol. The lowest BCUT2D eigenvalue weighted by molar-refractivity contribution is 0.228. The van der Waals surface area contributed by atoms with Crippen molar-refractivity contribution in [3.05, 3.63) is 71.6 Å². The van der Waals surface area contributed by atoms with Gasteiger partial charge in [0, 0.05) is 0 Å². The van der Waals surface area contributed by atoms with Crippen LogP contribution in [-0.2, 0) is 0 Å². The highest BCUT2D eigenvalue weighted by Gasteiger charge is 2.10. The minimum atomic E-state index is -0.659. The van der Waals surface area contributed by atoms with Gasteiger partial charge in [-0.1, -0.05) is 30.3 Å². The number of hydrogen-bond acceptors (Lipinski definition) is 2. The standard InChI is InChI=1S/C17H14FNO/c1-13(20-16-5-3-2-4-6-16)17(18)11-14-7-9-15(12-19)10-8-14/h2-11,13H,1H3/b17-11-. The van der Waals surface area contributed by atoms with E-state index in [0.29, 0.717) is 16.9 Å². The van der Waals surface area contributed by atoms with E-state index in [0.717, 1.165) is 0 Å². The number of nitriles is 1. The fourth-order valence-corrected chi connectivity index (χ4v) is 1.69. The molecule has 0 aromatic heterocycles. The van der Waals surface area contributed by atoms with Crippen molar-refractivity contribution in [2.75, 3.05) is 0 Å². The Labute approximate surface area is 117 Å². The summed E-state index contributed by atoms with van der Waals surface area (Å²) in [5, 5.41) is 8.70. The summed E-state index contributed by atoms with van der Waals surface area (Å²) >= 11 is 0. The van der Waals surface area contributed by atoms with E-state index in [9.17, 15) is 4.39 Å². The average Bonchev–Trinajstić information content (AvgIpc) is 2.49. The molecule has 1 atom stereocenters. The Morgan fingerprint density at radius 2 is 1.80 bits per heavy atom. The van der Waals surface area contributed by atoms with Gasteiger partial charge in [0.25, 0.3) is 0 Å². The molecule has 0 aliphatic rings. The van der Waals surface area contributed by atoms with Crippen molar-refractivity contribution in [2.24, 2.45) is 0 Å². The number of ether oxygens (including phenoxy) is 1. The first-order chi connectivity index (χ1) is 9.69. The Balaban J connectivity index is 2.07. The molecule has 2 aromatic carbocycles. The highest BCUT2D eigenvalue weighted by atomic mass is 19.1. The first kappa shape index (κ1) is 13.8. The van der Waals surface area contributed by atoms with Crippen molar-refractivity contribution in [3.8, 4) is 11.8 Å². The smallest absolute Gasteiger partial charge is 0.147 e. The van der Waals surface area contributed by atoms with Crippen molar-refractivity contribution in [2.45, 2.75) is 13.0 Å². The van der Waals surface area contributed by atoms with Gasteiger partial charge in [-0.25, -0.2) is 4.39 Å². The van der Waals surface area contributed by atoms with Gasteiger partial charge >= 0.3 is 0 Å². The predicted octanol–water partition coefficient (Wildman–Crippen LogP) is 4.34. The number of benzene rings is 2. The molecule has 0 heterocycles. The summed E-state index contributed by atoms with van der Waals surface area (Å²) < 4.78 is 19.5. The van der Waals surface area contributed by atoms with Gasteiger partial charge in [-0.05, 0) is 42.8 Å². The number of para-hydroxylation sites is 1. The number of hydrogen-bond donors (Lipinski definition) is 0. The van der Waals surface area contributed by atoms with Crippen LogP contribution in [0, 0.1) is 11.3 Å². The summed E-state index contributed by atoms with van der Waals surface area (Å²) in [6, 6.07) is 17.9. The Morgan fingerprint density at radius 3 is 2.40 bits per heavy atom. The molecule has 0 fully saturated rings. The Hall–Kier alpha value is -2.60. The highest BCUT2D eigenvalue weighted by Crippen LogP contribution is 2.18. The number of nitrogens with zero attached hydrogens (tertiary/aromatic N) is 1. The highest BCUT2D eigenvalue weighted by molar-refractivity contribution is 5.53. The van der Waals surface area contributed by atoms with Gasteiger partial charge in [0.15, 0.2) is 0 Å². The van der Waals surface area contributed by atoms with E-state index >= 15 is 0 Å². The predicted molar refractivity (Wildman–Crippen MR) is 76.8 cm³/mol. The summed E-state index contributed by atoms with van der Waals surface area (Å²) in [6.45, 7) is 1.66. The van der Waals surface area contributed by atoms with Gasteiger partial charge in [0.05, 0.1) is 11.6 Å². The van der Waals surface area contributed by atoms with E-state index in [-0.39, 0.29) is 5.83 Å². The molecule has 1 unspecified atom stereocenters. The van der Waals surface area contributed by atoms with Crippen LogP contribution in [0.25, 0.3) is 6.08 Å². The maximum absolute atomic E-state index is 14.0. The SMILES string of the molecule is CC(Oc1ccccc1)/C(F)=C/c1ccc(C#N)cc1. The lowest BCUT2D eigenvalue weighted by Crippen LogP contribution is -2.12. The average molecular weight is 267 g/mol. The molecule has 0 radical (unpaired) electrons. The van der Waals surface area contributed by atoms with Gasteiger partial charge < -0.3 is 4.74 Å². The minimum absolute atomic E-state index is 0.362. The second kappa shape index (κ2) is 6.53. The normalized spacial score (nSPS) is 12.6. The minimum Gasteiger partial charge on any atom is -0.484 e. The molecule has 2 rings (SSSR count). The topological polar surface area (TPSA) is 33.0 Å². The van der Waals surface area contributed by atoms with E-state index in [1.54, 1.807) is 43.3 Å². The fraction of sp³-hybridized carbons (Fsp3) is 0.118. The molecule has 0 N–H and O–H groups in total. The molecule has 2 nitrogen and oxygen atoms in total. The lowest BCUT2D eigenvalue weighted by Gasteiger charge is -2.12. The lowest BCUT2D eigenvalue weighted by atomic mass is 10.1. The third kappa shape index (κ3) is 3.69. The molecule has 2 aromatic rings. The summed E-state index contributed by atoms with van der Waals surface area (Å²) in [6.07, 6.45) is 0.752. The molecule has 0 spiro atoms. The molecule has 20 heavy (non-hydrogen) atoms. The van der Waals surface area contributed by atoms with Crippen LogP contribution in [-0.4, -0.2) is 6.10 Å². The second-order valence-corrected chi connectivity index (χ2v) is 4.34. The van der Waals surface area contributed by atoms with E-state index < -0.39 is 6.10 Å². The molecule has 0 saturated heterocycles. The maximum Gasteiger partial charge on any atom is 0.147 e. The zero-order valence-electron chi connectivity index (χ0n) is 11.1. The van der Waals surface area contributed by atoms with Crippen molar-refractivity contribution in [1.29, 1.82) is 5.26 Å². The van der Waals surface area contributed by atoms with Crippen molar-refractivity contribution >= 4 is 6.08 Å². The first-order valence-electron chi connectivity index (χ1n) is 6.28. The van der Waals surface area contributed by atoms with Gasteiger partial charge in [-0.15, -0.1) is 0 Å². The zero-order chi connectivity index (χ0) is 14.4. The summed E-state index contributed by atoms with van der Waals surface area (Å²) in [4.78, 5) is 0. The van der Waals surface area contributed by atoms with Crippen molar-refractivity contribution in [3.63, 3.8) is 0 Å². The summed E-state index contributed by atoms with van der Waals surface area (Å²) in [7, 11) is 0. The van der Waals surface area contributed by atoms with Crippen LogP contribution in [0.15, 0.2) is 60.4 Å². The van der Waals surface area contributed by atoms with Gasteiger partial charge in [-0.2, -0.15) is 5.26 Å². The molecule has 100 valence electrons. The third-order valence-corrected chi connectivity index (χ3v) is 2.79. The van der Waals surface area contributed by atoms with E-state index in [1.807, 2.05) is 24.3 Å². The van der Waals surface area contributed by atoms with Crippen LogP contribution in [0.2, 0.25) is 0 Å². The molecule has 0 amide bonds. The molecular formula is C17H14FNO. The van der Waals surface area contributed by atoms with Crippen molar-refractivity contribution in [1.82, 2.24) is 0 Å². The molecule has 0 aliphatic heterocycles. The quantitative estimate of drug-likeness (QED) is 0.825. The van der Waals surface area contributed by atoms with Crippen LogP contribution < -0.4 is 4.74 Å². The Kier molecular flexibility index (Phi) is 4.52. The Morgan fingerprint density at radius 1 is 1.15 bits per heavy atom. The van der Waals surface area contributed by atoms with Gasteiger partial charge in [0.1, 0.15) is 17.7 Å². The number of rotatable bonds is 4. The zero-order valence-corrected chi connectivity index (χ0v) is 11.1. The van der Waals surface area contributed by atoms with E-state index in [2.05, 4.69) is 0 Å². The van der Waals surface area contributed by atoms with Crippen LogP contribution in [0.4, 0.5) is 4.39 Å². The fourth-order valence-electron chi connectivity index (χ4n) is 1.69. The monoisotopic (exact) mass is 267 g/mol. The largest absolute Gasteiger partial charge is 0.484 e. The van der Waals surface area contributed by atoms with Gasteiger partial charge in [0.2, 0.25) is 0 Å². The maximum atomic E-state index is 14.0. The molecule has 0 saturated carbocycles. The Bertz CT molecular complexity index is 626. The first-order valence-corrected chi connectivity index (χ1v) is 6.28. The van der Waals surface area contributed by atoms with E-state index in [1.165, 1.54) is 6.08 Å². The van der Waals surface area contributed by atoms with Crippen molar-refractivity contribution < 1.29 is 9.13 Å². The second-order valence-electron chi connectivity index (χ2n) is 4.34. The van der Waals surface area contributed by atoms with Crippen LogP contribution in [0.5, 0.6) is 5.75 Å². The van der Waals surface area contributed by atoms with Crippen LogP contribution >= 0.6 is 0 Å². The number of halogens is 1. The summed E-state index contributed by atoms with van der Waals surface area (Å²) in [5.74, 6) is 0.266. The molecule has 0 aliphatic carbocycles.